The van der Waals surface area contributed by atoms with Crippen molar-refractivity contribution >= 4 is 27.5 Å². The van der Waals surface area contributed by atoms with Crippen LogP contribution in [0.25, 0.3) is 0 Å². The van der Waals surface area contributed by atoms with Crippen LogP contribution in [-0.2, 0) is 0 Å². The maximum atomic E-state index is 10.3. The molecule has 4 heteroatoms. The van der Waals surface area contributed by atoms with Crippen LogP contribution in [0, 0.1) is 0 Å². The van der Waals surface area contributed by atoms with Gasteiger partial charge in [-0.2, -0.15) is 0 Å². The number of benzene rings is 2. The van der Waals surface area contributed by atoms with Crippen molar-refractivity contribution in [3.63, 3.8) is 0 Å². The van der Waals surface area contributed by atoms with Crippen molar-refractivity contribution in [2.45, 2.75) is 6.10 Å². The highest BCUT2D eigenvalue weighted by Gasteiger charge is 2.14. The highest BCUT2D eigenvalue weighted by Crippen LogP contribution is 2.32. The van der Waals surface area contributed by atoms with Crippen LogP contribution in [0.15, 0.2) is 46.9 Å². The molecule has 0 aliphatic carbocycles. The number of rotatable bonds is 3. The molecule has 18 heavy (non-hydrogen) atoms. The molecule has 0 fully saturated rings. The van der Waals surface area contributed by atoms with Crippen LogP contribution in [-0.4, -0.2) is 12.2 Å². The fourth-order valence-electron chi connectivity index (χ4n) is 1.71. The summed E-state index contributed by atoms with van der Waals surface area (Å²) in [6.45, 7) is 0. The number of hydrogen-bond donors (Lipinski definition) is 1. The van der Waals surface area contributed by atoms with Crippen LogP contribution in [0.5, 0.6) is 5.75 Å². The fourth-order valence-corrected chi connectivity index (χ4v) is 2.49. The van der Waals surface area contributed by atoms with Crippen molar-refractivity contribution in [2.75, 3.05) is 7.11 Å². The number of halogens is 2. The zero-order valence-electron chi connectivity index (χ0n) is 9.73. The van der Waals surface area contributed by atoms with E-state index in [9.17, 15) is 5.11 Å². The molecule has 1 unspecified atom stereocenters. The van der Waals surface area contributed by atoms with Crippen LogP contribution in [0.4, 0.5) is 0 Å². The Kier molecular flexibility index (Phi) is 4.27. The van der Waals surface area contributed by atoms with E-state index in [1.807, 2.05) is 30.3 Å². The van der Waals surface area contributed by atoms with E-state index in [-0.39, 0.29) is 0 Å². The normalized spacial score (nSPS) is 12.2. The van der Waals surface area contributed by atoms with Crippen LogP contribution in [0.3, 0.4) is 0 Å². The summed E-state index contributed by atoms with van der Waals surface area (Å²) in [4.78, 5) is 0. The smallest absolute Gasteiger partial charge is 0.120 e. The van der Waals surface area contributed by atoms with Gasteiger partial charge >= 0.3 is 0 Å². The fraction of sp³-hybridized carbons (Fsp3) is 0.143. The molecule has 1 N–H and O–H groups in total. The molecule has 2 nitrogen and oxygen atoms in total. The highest BCUT2D eigenvalue weighted by molar-refractivity contribution is 9.10. The molecule has 0 radical (unpaired) electrons. The quantitative estimate of drug-likeness (QED) is 0.916. The van der Waals surface area contributed by atoms with Crippen LogP contribution >= 0.6 is 27.5 Å². The van der Waals surface area contributed by atoms with Gasteiger partial charge in [0.05, 0.1) is 7.11 Å². The minimum absolute atomic E-state index is 0.608. The minimum atomic E-state index is -0.719. The molecule has 94 valence electrons. The Labute approximate surface area is 119 Å². The molecule has 0 bridgehead atoms. The summed E-state index contributed by atoms with van der Waals surface area (Å²) in [5, 5.41) is 10.9. The van der Waals surface area contributed by atoms with Crippen LogP contribution in [0.1, 0.15) is 17.2 Å². The Morgan fingerprint density at radius 1 is 1.22 bits per heavy atom. The van der Waals surface area contributed by atoms with Gasteiger partial charge in [-0.1, -0.05) is 45.7 Å². The van der Waals surface area contributed by atoms with Gasteiger partial charge in [-0.05, 0) is 35.4 Å². The molecule has 0 aliphatic heterocycles. The van der Waals surface area contributed by atoms with E-state index in [0.29, 0.717) is 5.02 Å². The van der Waals surface area contributed by atoms with Crippen molar-refractivity contribution in [2.24, 2.45) is 0 Å². The highest BCUT2D eigenvalue weighted by atomic mass is 79.9. The predicted octanol–water partition coefficient (Wildman–Crippen LogP) is 4.19. The SMILES string of the molecule is COc1ccc(C(O)c2cccc(Cl)c2)c(Br)c1. The monoisotopic (exact) mass is 326 g/mol. The molecule has 2 rings (SSSR count). The summed E-state index contributed by atoms with van der Waals surface area (Å²) in [6, 6.07) is 12.7. The van der Waals surface area contributed by atoms with Crippen LogP contribution in [0.2, 0.25) is 5.02 Å². The summed E-state index contributed by atoms with van der Waals surface area (Å²) in [5.41, 5.74) is 1.53. The Bertz CT molecular complexity index is 557. The van der Waals surface area contributed by atoms with Crippen molar-refractivity contribution in [3.8, 4) is 5.75 Å². The first kappa shape index (κ1) is 13.4. The third-order valence-corrected chi connectivity index (χ3v) is 3.59. The van der Waals surface area contributed by atoms with E-state index >= 15 is 0 Å². The number of aliphatic hydroxyl groups excluding tert-OH is 1. The standard InChI is InChI=1S/C14H12BrClO2/c1-18-11-5-6-12(13(15)8-11)14(17)9-3-2-4-10(16)7-9/h2-8,14,17H,1H3. The average molecular weight is 328 g/mol. The Morgan fingerprint density at radius 3 is 2.61 bits per heavy atom. The number of ether oxygens (including phenoxy) is 1. The van der Waals surface area contributed by atoms with Gasteiger partial charge in [0.15, 0.2) is 0 Å². The second-order valence-corrected chi connectivity index (χ2v) is 5.14. The van der Waals surface area contributed by atoms with Crippen molar-refractivity contribution in [1.82, 2.24) is 0 Å². The molecule has 0 aliphatic rings. The summed E-state index contributed by atoms with van der Waals surface area (Å²) < 4.78 is 5.92. The summed E-state index contributed by atoms with van der Waals surface area (Å²) in [6.07, 6.45) is -0.719. The lowest BCUT2D eigenvalue weighted by molar-refractivity contribution is 0.219. The van der Waals surface area contributed by atoms with Gasteiger partial charge in [-0.25, -0.2) is 0 Å². The second kappa shape index (κ2) is 5.74. The molecular formula is C14H12BrClO2. The molecule has 0 spiro atoms. The van der Waals surface area contributed by atoms with Gasteiger partial charge < -0.3 is 9.84 Å². The lowest BCUT2D eigenvalue weighted by atomic mass is 10.0. The maximum Gasteiger partial charge on any atom is 0.120 e. The van der Waals surface area contributed by atoms with E-state index in [4.69, 9.17) is 16.3 Å². The van der Waals surface area contributed by atoms with E-state index in [2.05, 4.69) is 15.9 Å². The number of hydrogen-bond acceptors (Lipinski definition) is 2. The molecule has 1 atom stereocenters. The van der Waals surface area contributed by atoms with Crippen molar-refractivity contribution < 1.29 is 9.84 Å². The second-order valence-electron chi connectivity index (χ2n) is 3.84. The van der Waals surface area contributed by atoms with Gasteiger partial charge in [0.2, 0.25) is 0 Å². The summed E-state index contributed by atoms with van der Waals surface area (Å²) in [5.74, 6) is 0.740. The zero-order valence-corrected chi connectivity index (χ0v) is 12.1. The van der Waals surface area contributed by atoms with Gasteiger partial charge in [0, 0.05) is 9.50 Å². The first-order valence-corrected chi connectivity index (χ1v) is 6.56. The summed E-state index contributed by atoms with van der Waals surface area (Å²) >= 11 is 9.35. The molecule has 0 heterocycles. The third kappa shape index (κ3) is 2.86. The minimum Gasteiger partial charge on any atom is -0.497 e. The number of aliphatic hydroxyl groups is 1. The van der Waals surface area contributed by atoms with E-state index < -0.39 is 6.10 Å². The Hall–Kier alpha value is -1.03. The van der Waals surface area contributed by atoms with Gasteiger partial charge in [0.25, 0.3) is 0 Å². The van der Waals surface area contributed by atoms with Gasteiger partial charge in [-0.3, -0.25) is 0 Å². The van der Waals surface area contributed by atoms with E-state index in [1.54, 1.807) is 19.2 Å². The van der Waals surface area contributed by atoms with Crippen molar-refractivity contribution in [1.29, 1.82) is 0 Å². The number of methoxy groups -OCH3 is 1. The topological polar surface area (TPSA) is 29.5 Å². The molecule has 0 saturated heterocycles. The van der Waals surface area contributed by atoms with Crippen LogP contribution < -0.4 is 4.74 Å². The zero-order chi connectivity index (χ0) is 13.1. The third-order valence-electron chi connectivity index (χ3n) is 2.67. The van der Waals surface area contributed by atoms with E-state index in [0.717, 1.165) is 21.3 Å². The molecule has 0 saturated carbocycles. The Balaban J connectivity index is 2.37. The van der Waals surface area contributed by atoms with Gasteiger partial charge in [0.1, 0.15) is 11.9 Å². The Morgan fingerprint density at radius 2 is 2.00 bits per heavy atom. The lowest BCUT2D eigenvalue weighted by Gasteiger charge is -2.14. The lowest BCUT2D eigenvalue weighted by Crippen LogP contribution is -2.00. The molecule has 2 aromatic carbocycles. The first-order chi connectivity index (χ1) is 8.61. The largest absolute Gasteiger partial charge is 0.497 e. The summed E-state index contributed by atoms with van der Waals surface area (Å²) in [7, 11) is 1.61. The first-order valence-electron chi connectivity index (χ1n) is 5.39. The molecular weight excluding hydrogens is 316 g/mol. The average Bonchev–Trinajstić information content (AvgIpc) is 2.37. The van der Waals surface area contributed by atoms with Gasteiger partial charge in [-0.15, -0.1) is 0 Å². The molecule has 0 aromatic heterocycles. The molecule has 0 amide bonds. The van der Waals surface area contributed by atoms with E-state index in [1.165, 1.54) is 0 Å². The maximum absolute atomic E-state index is 10.3. The molecule has 2 aromatic rings. The predicted molar refractivity (Wildman–Crippen MR) is 76.2 cm³/mol. The van der Waals surface area contributed by atoms with Crippen molar-refractivity contribution in [3.05, 3.63) is 63.1 Å².